The summed E-state index contributed by atoms with van der Waals surface area (Å²) >= 11 is 0. The lowest BCUT2D eigenvalue weighted by Gasteiger charge is -2.13. The van der Waals surface area contributed by atoms with Crippen molar-refractivity contribution in [3.63, 3.8) is 0 Å². The predicted molar refractivity (Wildman–Crippen MR) is 82.5 cm³/mol. The Bertz CT molecular complexity index is 753. The van der Waals surface area contributed by atoms with Crippen molar-refractivity contribution in [2.75, 3.05) is 18.9 Å². The summed E-state index contributed by atoms with van der Waals surface area (Å²) in [6.07, 6.45) is 1.86. The summed E-state index contributed by atoms with van der Waals surface area (Å²) < 4.78 is 33.1. The van der Waals surface area contributed by atoms with Crippen LogP contribution in [0.2, 0.25) is 0 Å². The van der Waals surface area contributed by atoms with Gasteiger partial charge in [-0.1, -0.05) is 18.2 Å². The van der Waals surface area contributed by atoms with Crippen LogP contribution in [0.25, 0.3) is 10.8 Å². The molecule has 1 saturated heterocycles. The second kappa shape index (κ2) is 5.63. The summed E-state index contributed by atoms with van der Waals surface area (Å²) in [7, 11) is -3.56. The Balaban J connectivity index is 1.91. The van der Waals surface area contributed by atoms with Gasteiger partial charge >= 0.3 is 0 Å². The van der Waals surface area contributed by atoms with Crippen LogP contribution in [0.5, 0.6) is 0 Å². The van der Waals surface area contributed by atoms with E-state index in [0.717, 1.165) is 18.2 Å². The van der Waals surface area contributed by atoms with E-state index in [1.165, 1.54) is 0 Å². The fourth-order valence-corrected chi connectivity index (χ4v) is 3.89. The Morgan fingerprint density at radius 2 is 2.14 bits per heavy atom. The van der Waals surface area contributed by atoms with Gasteiger partial charge in [0.1, 0.15) is 0 Å². The van der Waals surface area contributed by atoms with Gasteiger partial charge in [-0.3, -0.25) is 0 Å². The highest BCUT2D eigenvalue weighted by Crippen LogP contribution is 2.25. The maximum atomic E-state index is 12.5. The quantitative estimate of drug-likeness (QED) is 0.845. The number of sulfonamides is 1. The van der Waals surface area contributed by atoms with Gasteiger partial charge in [0, 0.05) is 24.2 Å². The lowest BCUT2D eigenvalue weighted by atomic mass is 10.1. The van der Waals surface area contributed by atoms with Gasteiger partial charge in [0.15, 0.2) is 0 Å². The molecule has 1 heterocycles. The number of nitrogens with one attached hydrogen (secondary N) is 1. The van der Waals surface area contributed by atoms with E-state index in [1.807, 2.05) is 6.07 Å². The van der Waals surface area contributed by atoms with Crippen LogP contribution in [0.15, 0.2) is 41.3 Å². The Hall–Kier alpha value is -1.63. The molecule has 112 valence electrons. The van der Waals surface area contributed by atoms with Crippen LogP contribution in [0.4, 0.5) is 5.69 Å². The molecule has 2 aromatic carbocycles. The summed E-state index contributed by atoms with van der Waals surface area (Å²) in [6, 6.07) is 10.4. The fraction of sp³-hybridized carbons (Fsp3) is 0.333. The first-order valence-corrected chi connectivity index (χ1v) is 8.44. The summed E-state index contributed by atoms with van der Waals surface area (Å²) in [6.45, 7) is 1.02. The minimum absolute atomic E-state index is 0.0228. The van der Waals surface area contributed by atoms with Gasteiger partial charge in [-0.25, -0.2) is 13.1 Å². The molecule has 0 radical (unpaired) electrons. The van der Waals surface area contributed by atoms with Gasteiger partial charge in [-0.05, 0) is 36.4 Å². The normalized spacial score (nSPS) is 19.1. The maximum Gasteiger partial charge on any atom is 0.241 e. The number of ether oxygens (including phenoxy) is 1. The highest BCUT2D eigenvalue weighted by Gasteiger charge is 2.21. The zero-order chi connectivity index (χ0) is 14.9. The Morgan fingerprint density at radius 3 is 2.90 bits per heavy atom. The van der Waals surface area contributed by atoms with Crippen LogP contribution < -0.4 is 10.5 Å². The summed E-state index contributed by atoms with van der Waals surface area (Å²) in [5, 5.41) is 1.49. The molecule has 1 fully saturated rings. The van der Waals surface area contributed by atoms with Crippen molar-refractivity contribution in [3.8, 4) is 0 Å². The Kier molecular flexibility index (Phi) is 3.84. The molecule has 0 aliphatic carbocycles. The van der Waals surface area contributed by atoms with Crippen LogP contribution in [0, 0.1) is 0 Å². The van der Waals surface area contributed by atoms with Crippen LogP contribution in [-0.4, -0.2) is 27.7 Å². The first kappa shape index (κ1) is 14.3. The number of hydrogen-bond donors (Lipinski definition) is 2. The molecule has 1 atom stereocenters. The number of benzene rings is 2. The molecule has 1 unspecified atom stereocenters. The Labute approximate surface area is 124 Å². The molecule has 3 rings (SSSR count). The number of nitrogens with two attached hydrogens (primary N) is 1. The average Bonchev–Trinajstić information content (AvgIpc) is 2.97. The van der Waals surface area contributed by atoms with Crippen molar-refractivity contribution in [2.24, 2.45) is 0 Å². The summed E-state index contributed by atoms with van der Waals surface area (Å²) in [4.78, 5) is 0.276. The van der Waals surface area contributed by atoms with E-state index < -0.39 is 10.0 Å². The van der Waals surface area contributed by atoms with Crippen LogP contribution in [-0.2, 0) is 14.8 Å². The molecule has 2 aromatic rings. The van der Waals surface area contributed by atoms with Crippen molar-refractivity contribution in [3.05, 3.63) is 36.4 Å². The van der Waals surface area contributed by atoms with Crippen LogP contribution in [0.1, 0.15) is 12.8 Å². The van der Waals surface area contributed by atoms with E-state index >= 15 is 0 Å². The zero-order valence-corrected chi connectivity index (χ0v) is 12.4. The summed E-state index contributed by atoms with van der Waals surface area (Å²) in [5.74, 6) is 0. The number of nitrogen functional groups attached to an aromatic ring is 1. The van der Waals surface area contributed by atoms with Gasteiger partial charge in [0.2, 0.25) is 10.0 Å². The third kappa shape index (κ3) is 3.02. The van der Waals surface area contributed by atoms with E-state index in [4.69, 9.17) is 10.5 Å². The lowest BCUT2D eigenvalue weighted by Crippen LogP contribution is -2.31. The molecule has 0 aromatic heterocycles. The number of fused-ring (bicyclic) bond motifs is 1. The van der Waals surface area contributed by atoms with Crippen molar-refractivity contribution >= 4 is 26.5 Å². The largest absolute Gasteiger partial charge is 0.399 e. The van der Waals surface area contributed by atoms with Crippen molar-refractivity contribution in [1.82, 2.24) is 4.72 Å². The molecular weight excluding hydrogens is 288 g/mol. The SMILES string of the molecule is Nc1ccc2c(S(=O)(=O)NCC3CCCO3)cccc2c1. The number of hydrogen-bond acceptors (Lipinski definition) is 4. The molecule has 0 saturated carbocycles. The average molecular weight is 306 g/mol. The van der Waals surface area contributed by atoms with E-state index in [-0.39, 0.29) is 11.0 Å². The van der Waals surface area contributed by atoms with E-state index in [0.29, 0.717) is 24.2 Å². The lowest BCUT2D eigenvalue weighted by molar-refractivity contribution is 0.114. The smallest absolute Gasteiger partial charge is 0.241 e. The molecule has 6 heteroatoms. The minimum Gasteiger partial charge on any atom is -0.399 e. The highest BCUT2D eigenvalue weighted by molar-refractivity contribution is 7.89. The van der Waals surface area contributed by atoms with Crippen LogP contribution in [0.3, 0.4) is 0 Å². The first-order chi connectivity index (χ1) is 10.1. The molecule has 5 nitrogen and oxygen atoms in total. The third-order valence-electron chi connectivity index (χ3n) is 3.68. The molecule has 1 aliphatic heterocycles. The monoisotopic (exact) mass is 306 g/mol. The first-order valence-electron chi connectivity index (χ1n) is 6.96. The molecule has 21 heavy (non-hydrogen) atoms. The van der Waals surface area contributed by atoms with E-state index in [2.05, 4.69) is 4.72 Å². The fourth-order valence-electron chi connectivity index (χ4n) is 2.59. The van der Waals surface area contributed by atoms with Gasteiger partial charge in [0.25, 0.3) is 0 Å². The van der Waals surface area contributed by atoms with Gasteiger partial charge in [0.05, 0.1) is 11.0 Å². The third-order valence-corrected chi connectivity index (χ3v) is 5.16. The van der Waals surface area contributed by atoms with E-state index in [9.17, 15) is 8.42 Å². The summed E-state index contributed by atoms with van der Waals surface area (Å²) in [5.41, 5.74) is 6.36. The van der Waals surface area contributed by atoms with Gasteiger partial charge in [-0.2, -0.15) is 0 Å². The molecule has 3 N–H and O–H groups in total. The van der Waals surface area contributed by atoms with Crippen molar-refractivity contribution < 1.29 is 13.2 Å². The molecular formula is C15H18N2O3S. The van der Waals surface area contributed by atoms with E-state index in [1.54, 1.807) is 30.3 Å². The molecule has 1 aliphatic rings. The molecule has 0 spiro atoms. The zero-order valence-electron chi connectivity index (χ0n) is 11.6. The van der Waals surface area contributed by atoms with Gasteiger partial charge in [-0.15, -0.1) is 0 Å². The Morgan fingerprint density at radius 1 is 1.29 bits per heavy atom. The minimum atomic E-state index is -3.56. The molecule has 0 bridgehead atoms. The van der Waals surface area contributed by atoms with Crippen molar-refractivity contribution in [1.29, 1.82) is 0 Å². The predicted octanol–water partition coefficient (Wildman–Crippen LogP) is 1.88. The second-order valence-electron chi connectivity index (χ2n) is 5.22. The van der Waals surface area contributed by atoms with Gasteiger partial charge < -0.3 is 10.5 Å². The topological polar surface area (TPSA) is 81.4 Å². The standard InChI is InChI=1S/C15H18N2O3S/c16-12-6-7-14-11(9-12)3-1-5-15(14)21(18,19)17-10-13-4-2-8-20-13/h1,3,5-7,9,13,17H,2,4,8,10,16H2. The maximum absolute atomic E-state index is 12.5. The second-order valence-corrected chi connectivity index (χ2v) is 6.96. The molecule has 0 amide bonds. The highest BCUT2D eigenvalue weighted by atomic mass is 32.2. The number of anilines is 1. The van der Waals surface area contributed by atoms with Crippen molar-refractivity contribution in [2.45, 2.75) is 23.8 Å². The number of rotatable bonds is 4. The van der Waals surface area contributed by atoms with Crippen LogP contribution >= 0.6 is 0 Å².